The molecular formula is C12H5ClN2O4S2. The number of carboxylic acid groups (broad SMARTS) is 1. The van der Waals surface area contributed by atoms with Crippen molar-refractivity contribution in [2.24, 2.45) is 4.99 Å². The number of aliphatic carboxylic acids is 1. The summed E-state index contributed by atoms with van der Waals surface area (Å²) in [5, 5.41) is 11.3. The summed E-state index contributed by atoms with van der Waals surface area (Å²) >= 11 is 7.13. The summed E-state index contributed by atoms with van der Waals surface area (Å²) in [5.41, 5.74) is 0.368. The molecule has 2 aliphatic rings. The highest BCUT2D eigenvalue weighted by atomic mass is 35.5. The van der Waals surface area contributed by atoms with E-state index in [1.165, 1.54) is 29.7 Å². The first-order chi connectivity index (χ1) is 10.0. The molecule has 106 valence electrons. The van der Waals surface area contributed by atoms with Crippen LogP contribution in [0.3, 0.4) is 0 Å². The molecule has 0 aromatic carbocycles. The van der Waals surface area contributed by atoms with Gasteiger partial charge in [0.15, 0.2) is 5.71 Å². The maximum atomic E-state index is 11.5. The number of halogens is 1. The summed E-state index contributed by atoms with van der Waals surface area (Å²) < 4.78 is 22.9. The molecule has 0 unspecified atom stereocenters. The number of hydrogen-bond acceptors (Lipinski definition) is 6. The Kier molecular flexibility index (Phi) is 3.36. The van der Waals surface area contributed by atoms with E-state index in [0.717, 1.165) is 0 Å². The second-order valence-corrected chi connectivity index (χ2v) is 6.16. The summed E-state index contributed by atoms with van der Waals surface area (Å²) in [6.45, 7) is 0. The summed E-state index contributed by atoms with van der Waals surface area (Å²) in [5.74, 6) is -1.25. The van der Waals surface area contributed by atoms with Gasteiger partial charge in [0.05, 0.1) is 16.3 Å². The lowest BCUT2D eigenvalue weighted by Gasteiger charge is -2.10. The molecule has 21 heavy (non-hydrogen) atoms. The third kappa shape index (κ3) is 2.17. The molecule has 0 radical (unpaired) electrons. The Morgan fingerprint density at radius 1 is 1.29 bits per heavy atom. The van der Waals surface area contributed by atoms with Crippen molar-refractivity contribution in [3.05, 3.63) is 45.0 Å². The Labute approximate surface area is 129 Å². The van der Waals surface area contributed by atoms with Crippen LogP contribution in [0.5, 0.6) is 0 Å². The lowest BCUT2D eigenvalue weighted by molar-refractivity contribution is -0.129. The van der Waals surface area contributed by atoms with E-state index in [-0.39, 0.29) is 32.5 Å². The van der Waals surface area contributed by atoms with Gasteiger partial charge in [0.1, 0.15) is 9.87 Å². The Morgan fingerprint density at radius 3 is 2.62 bits per heavy atom. The molecule has 6 nitrogen and oxygen atoms in total. The van der Waals surface area contributed by atoms with Crippen LogP contribution in [0.1, 0.15) is 5.01 Å². The van der Waals surface area contributed by atoms with E-state index in [1.54, 1.807) is 5.38 Å². The molecule has 0 saturated heterocycles. The van der Waals surface area contributed by atoms with Crippen LogP contribution >= 0.6 is 22.9 Å². The minimum atomic E-state index is -2.62. The van der Waals surface area contributed by atoms with Crippen LogP contribution in [0, 0.1) is 0 Å². The van der Waals surface area contributed by atoms with E-state index in [4.69, 9.17) is 11.6 Å². The van der Waals surface area contributed by atoms with E-state index in [2.05, 4.69) is 9.98 Å². The van der Waals surface area contributed by atoms with Crippen molar-refractivity contribution >= 4 is 55.3 Å². The number of rotatable bonds is 2. The van der Waals surface area contributed by atoms with Gasteiger partial charge in [0.25, 0.3) is 0 Å². The van der Waals surface area contributed by atoms with Crippen molar-refractivity contribution in [2.45, 2.75) is 0 Å². The van der Waals surface area contributed by atoms with Crippen molar-refractivity contribution in [3.63, 3.8) is 0 Å². The average Bonchev–Trinajstić information content (AvgIpc) is 3.03. The predicted octanol–water partition coefficient (Wildman–Crippen LogP) is 1.51. The standard InChI is InChI=1S/C12H5ClN2O4S2/c13-5-1-2-6-7(10(5)21(18)19)8(9(15-6)12(16)17)11-14-3-4-20-11/h1-4H,(H,16,17). The Balaban J connectivity index is 2.41. The normalized spacial score (nSPS) is 17.2. The van der Waals surface area contributed by atoms with Crippen molar-refractivity contribution in [2.75, 3.05) is 0 Å². The number of allylic oxidation sites excluding steroid dienone is 4. The van der Waals surface area contributed by atoms with Crippen LogP contribution < -0.4 is 0 Å². The van der Waals surface area contributed by atoms with E-state index >= 15 is 0 Å². The summed E-state index contributed by atoms with van der Waals surface area (Å²) in [4.78, 5) is 19.3. The number of aliphatic imine (C=N–C) groups is 1. The fourth-order valence-corrected chi connectivity index (χ4v) is 3.69. The molecule has 9 heteroatoms. The molecule has 0 bridgehead atoms. The van der Waals surface area contributed by atoms with Gasteiger partial charge >= 0.3 is 5.97 Å². The number of fused-ring (bicyclic) bond motifs is 1. The molecule has 3 rings (SSSR count). The first-order valence-corrected chi connectivity index (χ1v) is 7.85. The van der Waals surface area contributed by atoms with Crippen molar-refractivity contribution in [1.82, 2.24) is 4.98 Å². The smallest absolute Gasteiger partial charge is 0.355 e. The zero-order valence-corrected chi connectivity index (χ0v) is 12.5. The van der Waals surface area contributed by atoms with Crippen LogP contribution in [-0.4, -0.2) is 35.1 Å². The van der Waals surface area contributed by atoms with Gasteiger partial charge in [-0.05, 0) is 12.2 Å². The Hall–Kier alpha value is -2.03. The molecular weight excluding hydrogens is 336 g/mol. The van der Waals surface area contributed by atoms with E-state index in [0.29, 0.717) is 5.01 Å². The van der Waals surface area contributed by atoms with Crippen molar-refractivity contribution in [3.8, 4) is 0 Å². The average molecular weight is 341 g/mol. The lowest BCUT2D eigenvalue weighted by Crippen LogP contribution is -2.15. The molecule has 1 N–H and O–H groups in total. The van der Waals surface area contributed by atoms with Gasteiger partial charge in [0.2, 0.25) is 10.3 Å². The monoisotopic (exact) mass is 340 g/mol. The fraction of sp³-hybridized carbons (Fsp3) is 0. The Bertz CT molecular complexity index is 910. The van der Waals surface area contributed by atoms with Gasteiger partial charge in [-0.2, -0.15) is 8.42 Å². The highest BCUT2D eigenvalue weighted by Crippen LogP contribution is 2.38. The van der Waals surface area contributed by atoms with Crippen LogP contribution in [0.15, 0.2) is 45.0 Å². The van der Waals surface area contributed by atoms with Crippen molar-refractivity contribution in [1.29, 1.82) is 0 Å². The molecule has 0 spiro atoms. The molecule has 0 atom stereocenters. The first kappa shape index (κ1) is 13.9. The zero-order valence-electron chi connectivity index (χ0n) is 10.1. The summed E-state index contributed by atoms with van der Waals surface area (Å²) in [6.07, 6.45) is 4.36. The maximum Gasteiger partial charge on any atom is 0.355 e. The van der Waals surface area contributed by atoms with Crippen LogP contribution in [0.25, 0.3) is 5.57 Å². The highest BCUT2D eigenvalue weighted by molar-refractivity contribution is 7.74. The predicted molar refractivity (Wildman–Crippen MR) is 80.1 cm³/mol. The van der Waals surface area contributed by atoms with E-state index < -0.39 is 16.3 Å². The second kappa shape index (κ2) is 5.06. The van der Waals surface area contributed by atoms with Gasteiger partial charge in [-0.15, -0.1) is 11.3 Å². The zero-order chi connectivity index (χ0) is 15.1. The molecule has 0 saturated carbocycles. The molecule has 1 aliphatic heterocycles. The SMILES string of the molecule is O=C(O)C1=NC2=CC=C(Cl)C(=S(=O)=O)C2=C1c1nccs1. The molecule has 0 amide bonds. The van der Waals surface area contributed by atoms with Gasteiger partial charge in [-0.1, -0.05) is 11.6 Å². The number of aromatic nitrogens is 1. The minimum Gasteiger partial charge on any atom is -0.476 e. The Morgan fingerprint density at radius 2 is 2.05 bits per heavy atom. The highest BCUT2D eigenvalue weighted by Gasteiger charge is 2.36. The van der Waals surface area contributed by atoms with Crippen LogP contribution in [0.2, 0.25) is 0 Å². The van der Waals surface area contributed by atoms with Crippen molar-refractivity contribution < 1.29 is 18.3 Å². The van der Waals surface area contributed by atoms with Gasteiger partial charge in [-0.3, -0.25) is 0 Å². The lowest BCUT2D eigenvalue weighted by atomic mass is 9.98. The summed E-state index contributed by atoms with van der Waals surface area (Å²) in [6, 6.07) is 0. The number of nitrogens with zero attached hydrogens (tertiary/aromatic N) is 2. The third-order valence-electron chi connectivity index (χ3n) is 2.82. The van der Waals surface area contributed by atoms with E-state index in [9.17, 15) is 18.3 Å². The minimum absolute atomic E-state index is 0.0120. The second-order valence-electron chi connectivity index (χ2n) is 3.98. The quantitative estimate of drug-likeness (QED) is 0.823. The summed E-state index contributed by atoms with van der Waals surface area (Å²) in [7, 11) is -2.62. The number of thiazole rings is 1. The number of carboxylic acids is 1. The molecule has 1 aromatic heterocycles. The van der Waals surface area contributed by atoms with Gasteiger partial charge in [0, 0.05) is 17.2 Å². The fourth-order valence-electron chi connectivity index (χ4n) is 2.05. The maximum absolute atomic E-state index is 11.5. The van der Waals surface area contributed by atoms with E-state index in [1.807, 2.05) is 0 Å². The van der Waals surface area contributed by atoms with Crippen LogP contribution in [0.4, 0.5) is 0 Å². The first-order valence-electron chi connectivity index (χ1n) is 5.52. The largest absolute Gasteiger partial charge is 0.476 e. The number of carbonyl (C=O) groups is 1. The van der Waals surface area contributed by atoms with Gasteiger partial charge < -0.3 is 5.11 Å². The number of hydrogen-bond donors (Lipinski definition) is 1. The molecule has 0 fully saturated rings. The third-order valence-corrected chi connectivity index (χ3v) is 4.80. The molecule has 1 aromatic rings. The van der Waals surface area contributed by atoms with Gasteiger partial charge in [-0.25, -0.2) is 14.8 Å². The molecule has 1 aliphatic carbocycles. The molecule has 2 heterocycles. The topological polar surface area (TPSA) is 96.7 Å². The van der Waals surface area contributed by atoms with Crippen LogP contribution in [-0.2, 0) is 15.1 Å².